The third-order valence-corrected chi connectivity index (χ3v) is 5.13. The Hall–Kier alpha value is -2.70. The molecule has 1 saturated heterocycles. The molecule has 1 atom stereocenters. The van der Waals surface area contributed by atoms with Crippen molar-refractivity contribution in [2.45, 2.75) is 50.7 Å². The van der Waals surface area contributed by atoms with E-state index < -0.39 is 11.6 Å². The van der Waals surface area contributed by atoms with E-state index in [4.69, 9.17) is 0 Å². The lowest BCUT2D eigenvalue weighted by Gasteiger charge is -2.20. The van der Waals surface area contributed by atoms with Crippen LogP contribution < -0.4 is 5.32 Å². The number of pyridine rings is 1. The lowest BCUT2D eigenvalue weighted by Crippen LogP contribution is -2.41. The molecule has 0 bridgehead atoms. The number of hydrogen-bond donors (Lipinski definition) is 1. The number of carbonyl (C=O) groups excluding carboxylic acids is 2. The quantitative estimate of drug-likeness (QED) is 0.867. The summed E-state index contributed by atoms with van der Waals surface area (Å²) in [6, 6.07) is 7.25. The van der Waals surface area contributed by atoms with Gasteiger partial charge in [0.2, 0.25) is 0 Å². The van der Waals surface area contributed by atoms with E-state index in [0.717, 1.165) is 18.5 Å². The van der Waals surface area contributed by atoms with Crippen molar-refractivity contribution in [2.75, 3.05) is 0 Å². The molecule has 1 aliphatic carbocycles. The standard InChI is InChI=1S/C18H21N5O2/c1-18(15-8-4-5-10-19-15)16(24)22(17(25)20-18)12-13-9-11-23(21-13)14-6-2-3-7-14/h4-5,8-11,14H,2-3,6-7,12H2,1H3,(H,20,25). The predicted octanol–water partition coefficient (Wildman–Crippen LogP) is 2.36. The second-order valence-corrected chi connectivity index (χ2v) is 6.89. The maximum atomic E-state index is 12.9. The Morgan fingerprint density at radius 1 is 1.24 bits per heavy atom. The first-order valence-electron chi connectivity index (χ1n) is 8.67. The third kappa shape index (κ3) is 2.69. The highest BCUT2D eigenvalue weighted by atomic mass is 16.2. The van der Waals surface area contributed by atoms with Crippen LogP contribution in [0.4, 0.5) is 4.79 Å². The highest BCUT2D eigenvalue weighted by molar-refractivity contribution is 6.06. The zero-order chi connectivity index (χ0) is 17.4. The molecule has 1 aliphatic heterocycles. The van der Waals surface area contributed by atoms with Crippen LogP contribution in [0.3, 0.4) is 0 Å². The van der Waals surface area contributed by atoms with Gasteiger partial charge in [-0.05, 0) is 38.0 Å². The molecule has 0 radical (unpaired) electrons. The zero-order valence-electron chi connectivity index (χ0n) is 14.2. The van der Waals surface area contributed by atoms with Crippen molar-refractivity contribution >= 4 is 11.9 Å². The van der Waals surface area contributed by atoms with E-state index >= 15 is 0 Å². The van der Waals surface area contributed by atoms with Crippen LogP contribution in [0, 0.1) is 0 Å². The number of imide groups is 1. The van der Waals surface area contributed by atoms with Crippen LogP contribution in [0.1, 0.15) is 50.0 Å². The number of aromatic nitrogens is 3. The highest BCUT2D eigenvalue weighted by Gasteiger charge is 2.50. The molecule has 7 heteroatoms. The van der Waals surface area contributed by atoms with Crippen molar-refractivity contribution in [1.82, 2.24) is 25.0 Å². The van der Waals surface area contributed by atoms with Crippen LogP contribution in [0.2, 0.25) is 0 Å². The molecule has 3 amide bonds. The van der Waals surface area contributed by atoms with E-state index in [1.807, 2.05) is 16.9 Å². The van der Waals surface area contributed by atoms with Crippen molar-refractivity contribution in [3.63, 3.8) is 0 Å². The van der Waals surface area contributed by atoms with Crippen LogP contribution in [-0.4, -0.2) is 31.6 Å². The van der Waals surface area contributed by atoms with Gasteiger partial charge < -0.3 is 5.32 Å². The van der Waals surface area contributed by atoms with Gasteiger partial charge in [0.25, 0.3) is 5.91 Å². The molecule has 2 fully saturated rings. The Bertz CT molecular complexity index is 797. The number of urea groups is 1. The topological polar surface area (TPSA) is 80.1 Å². The Morgan fingerprint density at radius 2 is 2.04 bits per heavy atom. The fourth-order valence-corrected chi connectivity index (χ4v) is 3.67. The van der Waals surface area contributed by atoms with Crippen LogP contribution in [0.25, 0.3) is 0 Å². The van der Waals surface area contributed by atoms with Gasteiger partial charge in [-0.3, -0.25) is 19.4 Å². The van der Waals surface area contributed by atoms with E-state index in [1.165, 1.54) is 17.7 Å². The molecule has 0 spiro atoms. The van der Waals surface area contributed by atoms with Crippen molar-refractivity contribution in [3.05, 3.63) is 48.0 Å². The summed E-state index contributed by atoms with van der Waals surface area (Å²) >= 11 is 0. The van der Waals surface area contributed by atoms with E-state index in [0.29, 0.717) is 11.7 Å². The minimum atomic E-state index is -1.13. The molecular weight excluding hydrogens is 318 g/mol. The van der Waals surface area contributed by atoms with E-state index in [9.17, 15) is 9.59 Å². The van der Waals surface area contributed by atoms with Gasteiger partial charge in [0.15, 0.2) is 5.54 Å². The zero-order valence-corrected chi connectivity index (χ0v) is 14.2. The fourth-order valence-electron chi connectivity index (χ4n) is 3.67. The molecule has 0 aromatic carbocycles. The average molecular weight is 339 g/mol. The molecule has 2 aliphatic rings. The molecule has 4 rings (SSSR count). The van der Waals surface area contributed by atoms with Gasteiger partial charge in [0.1, 0.15) is 0 Å². The SMILES string of the molecule is CC1(c2ccccn2)NC(=O)N(Cc2ccn(C3CCCC3)n2)C1=O. The summed E-state index contributed by atoms with van der Waals surface area (Å²) in [4.78, 5) is 30.7. The molecule has 1 N–H and O–H groups in total. The van der Waals surface area contributed by atoms with Gasteiger partial charge in [-0.2, -0.15) is 5.10 Å². The van der Waals surface area contributed by atoms with Gasteiger partial charge >= 0.3 is 6.03 Å². The minimum Gasteiger partial charge on any atom is -0.318 e. The number of nitrogens with zero attached hydrogens (tertiary/aromatic N) is 4. The highest BCUT2D eigenvalue weighted by Crippen LogP contribution is 2.30. The number of hydrogen-bond acceptors (Lipinski definition) is 4. The third-order valence-electron chi connectivity index (χ3n) is 5.13. The number of amides is 3. The monoisotopic (exact) mass is 339 g/mol. The van der Waals surface area contributed by atoms with Crippen LogP contribution >= 0.6 is 0 Å². The molecular formula is C18H21N5O2. The van der Waals surface area contributed by atoms with Crippen LogP contribution in [0.15, 0.2) is 36.7 Å². The Kier molecular flexibility index (Phi) is 3.78. The summed E-state index contributed by atoms with van der Waals surface area (Å²) in [7, 11) is 0. The lowest BCUT2D eigenvalue weighted by molar-refractivity contribution is -0.131. The van der Waals surface area contributed by atoms with Gasteiger partial charge in [-0.15, -0.1) is 0 Å². The number of nitrogens with one attached hydrogen (secondary N) is 1. The minimum absolute atomic E-state index is 0.173. The van der Waals surface area contributed by atoms with Gasteiger partial charge in [-0.1, -0.05) is 18.9 Å². The molecule has 2 aromatic heterocycles. The first-order chi connectivity index (χ1) is 12.1. The molecule has 3 heterocycles. The summed E-state index contributed by atoms with van der Waals surface area (Å²) in [5.74, 6) is -0.299. The summed E-state index contributed by atoms with van der Waals surface area (Å²) < 4.78 is 1.97. The first-order valence-corrected chi connectivity index (χ1v) is 8.67. The fraction of sp³-hybridized carbons (Fsp3) is 0.444. The smallest absolute Gasteiger partial charge is 0.318 e. The normalized spacial score (nSPS) is 24.1. The largest absolute Gasteiger partial charge is 0.325 e. The number of carbonyl (C=O) groups is 2. The van der Waals surface area contributed by atoms with Gasteiger partial charge in [-0.25, -0.2) is 4.79 Å². The van der Waals surface area contributed by atoms with Gasteiger partial charge in [0, 0.05) is 12.4 Å². The first kappa shape index (κ1) is 15.8. The van der Waals surface area contributed by atoms with E-state index in [2.05, 4.69) is 15.4 Å². The van der Waals surface area contributed by atoms with Gasteiger partial charge in [0.05, 0.1) is 24.0 Å². The second-order valence-electron chi connectivity index (χ2n) is 6.89. The maximum Gasteiger partial charge on any atom is 0.325 e. The summed E-state index contributed by atoms with van der Waals surface area (Å²) in [6.45, 7) is 1.86. The lowest BCUT2D eigenvalue weighted by atomic mass is 9.97. The average Bonchev–Trinajstić information content (AvgIpc) is 3.34. The Labute approximate surface area is 146 Å². The molecule has 2 aromatic rings. The van der Waals surface area contributed by atoms with Crippen molar-refractivity contribution in [1.29, 1.82) is 0 Å². The van der Waals surface area contributed by atoms with Crippen molar-refractivity contribution in [3.8, 4) is 0 Å². The summed E-state index contributed by atoms with van der Waals surface area (Å²) in [5.41, 5.74) is 0.125. The Morgan fingerprint density at radius 3 is 2.76 bits per heavy atom. The Balaban J connectivity index is 1.53. The molecule has 7 nitrogen and oxygen atoms in total. The van der Waals surface area contributed by atoms with E-state index in [1.54, 1.807) is 31.3 Å². The molecule has 25 heavy (non-hydrogen) atoms. The maximum absolute atomic E-state index is 12.9. The van der Waals surface area contributed by atoms with E-state index in [-0.39, 0.29) is 12.5 Å². The van der Waals surface area contributed by atoms with Crippen molar-refractivity contribution < 1.29 is 9.59 Å². The number of rotatable bonds is 4. The summed E-state index contributed by atoms with van der Waals surface area (Å²) in [5, 5.41) is 7.34. The molecule has 130 valence electrons. The summed E-state index contributed by atoms with van der Waals surface area (Å²) in [6.07, 6.45) is 8.31. The predicted molar refractivity (Wildman–Crippen MR) is 90.4 cm³/mol. The molecule has 1 unspecified atom stereocenters. The van der Waals surface area contributed by atoms with Crippen LogP contribution in [0.5, 0.6) is 0 Å². The second kappa shape index (κ2) is 5.98. The van der Waals surface area contributed by atoms with Crippen LogP contribution in [-0.2, 0) is 16.9 Å². The van der Waals surface area contributed by atoms with Crippen molar-refractivity contribution in [2.24, 2.45) is 0 Å². The molecule has 1 saturated carbocycles.